The number of nitriles is 1. The zero-order chi connectivity index (χ0) is 11.3. The summed E-state index contributed by atoms with van der Waals surface area (Å²) in [5.41, 5.74) is 0.870. The van der Waals surface area contributed by atoms with Crippen molar-refractivity contribution in [3.05, 3.63) is 29.8 Å². The Bertz CT molecular complexity index is 340. The fraction of sp³-hybridized carbons (Fsp3) is 0.417. The van der Waals surface area contributed by atoms with Crippen molar-refractivity contribution in [2.75, 3.05) is 0 Å². The van der Waals surface area contributed by atoms with Gasteiger partial charge in [-0.2, -0.15) is 5.26 Å². The van der Waals surface area contributed by atoms with Gasteiger partial charge < -0.3 is 9.84 Å². The first-order chi connectivity index (χ1) is 7.17. The molecule has 0 aromatic heterocycles. The summed E-state index contributed by atoms with van der Waals surface area (Å²) in [5, 5.41) is 18.1. The van der Waals surface area contributed by atoms with Gasteiger partial charge >= 0.3 is 0 Å². The van der Waals surface area contributed by atoms with E-state index in [1.807, 2.05) is 25.1 Å². The number of nitrogens with zero attached hydrogens (tertiary/aromatic N) is 1. The third kappa shape index (κ3) is 3.26. The number of ether oxygens (including phenoxy) is 1. The average Bonchev–Trinajstić information content (AvgIpc) is 2.29. The van der Waals surface area contributed by atoms with Gasteiger partial charge in [0, 0.05) is 0 Å². The van der Waals surface area contributed by atoms with Crippen LogP contribution in [0.5, 0.6) is 5.75 Å². The van der Waals surface area contributed by atoms with E-state index in [9.17, 15) is 5.11 Å². The largest absolute Gasteiger partial charge is 0.476 e. The molecule has 0 radical (unpaired) electrons. The standard InChI is InChI=1S/C12H15NO2/c1-3-12(14)10-4-6-11(7-5-10)15-9(2)8-13/h4-7,9,12,14H,3H2,1-2H3/t9?,12-/m0/s1. The number of aliphatic hydroxyl groups is 1. The molecule has 0 aliphatic carbocycles. The number of benzene rings is 1. The van der Waals surface area contributed by atoms with Gasteiger partial charge in [-0.05, 0) is 31.0 Å². The molecule has 1 rings (SSSR count). The van der Waals surface area contributed by atoms with Crippen LogP contribution in [0.15, 0.2) is 24.3 Å². The summed E-state index contributed by atoms with van der Waals surface area (Å²) in [5.74, 6) is 0.649. The lowest BCUT2D eigenvalue weighted by Gasteiger charge is -2.10. The van der Waals surface area contributed by atoms with E-state index in [0.717, 1.165) is 5.56 Å². The molecule has 0 spiro atoms. The predicted octanol–water partition coefficient (Wildman–Crippen LogP) is 2.42. The van der Waals surface area contributed by atoms with Crippen LogP contribution in [-0.4, -0.2) is 11.2 Å². The van der Waals surface area contributed by atoms with E-state index in [0.29, 0.717) is 12.2 Å². The molecule has 0 fully saturated rings. The highest BCUT2D eigenvalue weighted by atomic mass is 16.5. The maximum absolute atomic E-state index is 9.56. The third-order valence-corrected chi connectivity index (χ3v) is 2.15. The van der Waals surface area contributed by atoms with Crippen LogP contribution in [-0.2, 0) is 0 Å². The summed E-state index contributed by atoms with van der Waals surface area (Å²) >= 11 is 0. The zero-order valence-electron chi connectivity index (χ0n) is 8.97. The Morgan fingerprint density at radius 3 is 2.47 bits per heavy atom. The average molecular weight is 205 g/mol. The Hall–Kier alpha value is -1.53. The number of rotatable bonds is 4. The normalized spacial score (nSPS) is 14.0. The number of aliphatic hydroxyl groups excluding tert-OH is 1. The Morgan fingerprint density at radius 2 is 2.00 bits per heavy atom. The van der Waals surface area contributed by atoms with E-state index in [1.54, 1.807) is 19.1 Å². The highest BCUT2D eigenvalue weighted by molar-refractivity contribution is 5.28. The molecule has 3 heteroatoms. The fourth-order valence-corrected chi connectivity index (χ4v) is 1.23. The molecule has 2 atom stereocenters. The Balaban J connectivity index is 2.69. The second-order valence-corrected chi connectivity index (χ2v) is 3.38. The maximum atomic E-state index is 9.56. The van der Waals surface area contributed by atoms with Gasteiger partial charge in [-0.1, -0.05) is 19.1 Å². The molecule has 1 aromatic carbocycles. The van der Waals surface area contributed by atoms with Crippen LogP contribution < -0.4 is 4.74 Å². The van der Waals surface area contributed by atoms with Gasteiger partial charge in [0.05, 0.1) is 6.10 Å². The van der Waals surface area contributed by atoms with E-state index < -0.39 is 12.2 Å². The first-order valence-corrected chi connectivity index (χ1v) is 5.01. The van der Waals surface area contributed by atoms with Crippen LogP contribution in [0.3, 0.4) is 0 Å². The second kappa shape index (κ2) is 5.38. The first-order valence-electron chi connectivity index (χ1n) is 5.01. The molecule has 0 aliphatic heterocycles. The Kier molecular flexibility index (Phi) is 4.14. The molecule has 0 aliphatic rings. The zero-order valence-corrected chi connectivity index (χ0v) is 8.97. The van der Waals surface area contributed by atoms with E-state index in [4.69, 9.17) is 10.00 Å². The minimum Gasteiger partial charge on any atom is -0.476 e. The van der Waals surface area contributed by atoms with Gasteiger partial charge in [-0.3, -0.25) is 0 Å². The monoisotopic (exact) mass is 205 g/mol. The Labute approximate surface area is 89.9 Å². The van der Waals surface area contributed by atoms with Crippen molar-refractivity contribution in [2.45, 2.75) is 32.5 Å². The van der Waals surface area contributed by atoms with Crippen LogP contribution in [0.4, 0.5) is 0 Å². The number of hydrogen-bond acceptors (Lipinski definition) is 3. The van der Waals surface area contributed by atoms with E-state index in [-0.39, 0.29) is 0 Å². The van der Waals surface area contributed by atoms with Crippen molar-refractivity contribution >= 4 is 0 Å². The van der Waals surface area contributed by atoms with E-state index in [1.165, 1.54) is 0 Å². The smallest absolute Gasteiger partial charge is 0.181 e. The highest BCUT2D eigenvalue weighted by Crippen LogP contribution is 2.20. The van der Waals surface area contributed by atoms with Gasteiger partial charge in [0.1, 0.15) is 11.8 Å². The van der Waals surface area contributed by atoms with Crippen molar-refractivity contribution in [1.82, 2.24) is 0 Å². The predicted molar refractivity (Wildman–Crippen MR) is 57.4 cm³/mol. The fourth-order valence-electron chi connectivity index (χ4n) is 1.23. The van der Waals surface area contributed by atoms with Gasteiger partial charge in [-0.15, -0.1) is 0 Å². The lowest BCUT2D eigenvalue weighted by Crippen LogP contribution is -2.08. The molecule has 0 bridgehead atoms. The molecule has 1 aromatic rings. The van der Waals surface area contributed by atoms with Crippen molar-refractivity contribution in [3.63, 3.8) is 0 Å². The van der Waals surface area contributed by atoms with Gasteiger partial charge in [0.25, 0.3) is 0 Å². The Morgan fingerprint density at radius 1 is 1.40 bits per heavy atom. The maximum Gasteiger partial charge on any atom is 0.181 e. The SMILES string of the molecule is CC[C@H](O)c1ccc(OC(C)C#N)cc1. The minimum absolute atomic E-state index is 0.424. The van der Waals surface area contributed by atoms with E-state index in [2.05, 4.69) is 0 Å². The summed E-state index contributed by atoms with van der Waals surface area (Å²) < 4.78 is 5.29. The summed E-state index contributed by atoms with van der Waals surface area (Å²) in [6, 6.07) is 9.15. The quantitative estimate of drug-likeness (QED) is 0.821. The van der Waals surface area contributed by atoms with Crippen molar-refractivity contribution in [3.8, 4) is 11.8 Å². The third-order valence-electron chi connectivity index (χ3n) is 2.15. The molecule has 1 N–H and O–H groups in total. The minimum atomic E-state index is -0.452. The molecular weight excluding hydrogens is 190 g/mol. The molecule has 0 amide bonds. The van der Waals surface area contributed by atoms with Gasteiger partial charge in [-0.25, -0.2) is 0 Å². The van der Waals surface area contributed by atoms with Gasteiger partial charge in [0.15, 0.2) is 6.10 Å². The van der Waals surface area contributed by atoms with Crippen molar-refractivity contribution in [1.29, 1.82) is 5.26 Å². The topological polar surface area (TPSA) is 53.2 Å². The molecule has 1 unspecified atom stereocenters. The van der Waals surface area contributed by atoms with Crippen LogP contribution in [0.2, 0.25) is 0 Å². The van der Waals surface area contributed by atoms with Crippen molar-refractivity contribution < 1.29 is 9.84 Å². The highest BCUT2D eigenvalue weighted by Gasteiger charge is 2.05. The van der Waals surface area contributed by atoms with Crippen LogP contribution in [0, 0.1) is 11.3 Å². The molecule has 15 heavy (non-hydrogen) atoms. The van der Waals surface area contributed by atoms with Crippen LogP contribution in [0.1, 0.15) is 31.9 Å². The lowest BCUT2D eigenvalue weighted by molar-refractivity contribution is 0.173. The lowest BCUT2D eigenvalue weighted by atomic mass is 10.1. The van der Waals surface area contributed by atoms with E-state index >= 15 is 0 Å². The van der Waals surface area contributed by atoms with Crippen LogP contribution >= 0.6 is 0 Å². The summed E-state index contributed by atoms with van der Waals surface area (Å²) in [6.07, 6.45) is -0.186. The number of hydrogen-bond donors (Lipinski definition) is 1. The molecular formula is C12H15NO2. The van der Waals surface area contributed by atoms with Crippen LogP contribution in [0.25, 0.3) is 0 Å². The van der Waals surface area contributed by atoms with Gasteiger partial charge in [0.2, 0.25) is 0 Å². The van der Waals surface area contributed by atoms with Crippen molar-refractivity contribution in [2.24, 2.45) is 0 Å². The summed E-state index contributed by atoms with van der Waals surface area (Å²) in [6.45, 7) is 3.61. The summed E-state index contributed by atoms with van der Waals surface area (Å²) in [4.78, 5) is 0. The molecule has 0 saturated carbocycles. The first kappa shape index (κ1) is 11.5. The second-order valence-electron chi connectivity index (χ2n) is 3.38. The molecule has 0 heterocycles. The molecule has 3 nitrogen and oxygen atoms in total. The molecule has 80 valence electrons. The molecule has 0 saturated heterocycles. The summed E-state index contributed by atoms with van der Waals surface area (Å²) in [7, 11) is 0.